The molecule has 2 rings (SSSR count). The summed E-state index contributed by atoms with van der Waals surface area (Å²) in [6.07, 6.45) is 2.15. The van der Waals surface area contributed by atoms with Crippen LogP contribution in [0.1, 0.15) is 24.4 Å². The zero-order valence-electron chi connectivity index (χ0n) is 11.9. The number of carbonyl (C=O) groups excluding carboxylic acids is 1. The summed E-state index contributed by atoms with van der Waals surface area (Å²) in [6, 6.07) is 7.15. The monoisotopic (exact) mass is 328 g/mol. The van der Waals surface area contributed by atoms with E-state index in [0.29, 0.717) is 0 Å². The summed E-state index contributed by atoms with van der Waals surface area (Å²) in [6.45, 7) is 0. The standard InChI is InChI=1S/C14H20N2O3S2/c1-21(18,19)9-7-11(15)14(17)16-12-6-8-20-13-5-3-2-4-10(12)13/h2-5,11-12H,6-9,15H2,1H3,(H,16,17). The SMILES string of the molecule is CS(=O)(=O)CCC(N)C(=O)NC1CCSc2ccccc21. The normalized spacial score (nSPS) is 19.6. The molecule has 7 heteroatoms. The summed E-state index contributed by atoms with van der Waals surface area (Å²) in [4.78, 5) is 13.3. The first-order valence-electron chi connectivity index (χ1n) is 6.82. The molecule has 2 unspecified atom stereocenters. The highest BCUT2D eigenvalue weighted by Crippen LogP contribution is 2.35. The van der Waals surface area contributed by atoms with Crippen LogP contribution in [0.3, 0.4) is 0 Å². The molecule has 0 spiro atoms. The van der Waals surface area contributed by atoms with Crippen molar-refractivity contribution < 1.29 is 13.2 Å². The number of carbonyl (C=O) groups is 1. The Balaban J connectivity index is 1.97. The molecule has 2 atom stereocenters. The summed E-state index contributed by atoms with van der Waals surface area (Å²) in [7, 11) is -3.10. The van der Waals surface area contributed by atoms with E-state index < -0.39 is 15.9 Å². The molecule has 3 N–H and O–H groups in total. The molecule has 0 aromatic heterocycles. The second kappa shape index (κ2) is 6.81. The number of thioether (sulfide) groups is 1. The smallest absolute Gasteiger partial charge is 0.237 e. The Bertz CT molecular complexity index is 616. The highest BCUT2D eigenvalue weighted by molar-refractivity contribution is 7.99. The molecular formula is C14H20N2O3S2. The van der Waals surface area contributed by atoms with E-state index in [0.717, 1.165) is 24.0 Å². The van der Waals surface area contributed by atoms with Gasteiger partial charge in [0.1, 0.15) is 9.84 Å². The Hall–Kier alpha value is -1.05. The van der Waals surface area contributed by atoms with Gasteiger partial charge in [0.2, 0.25) is 5.91 Å². The summed E-state index contributed by atoms with van der Waals surface area (Å²) in [5, 5.41) is 2.94. The van der Waals surface area contributed by atoms with Crippen LogP contribution in [0.4, 0.5) is 0 Å². The van der Waals surface area contributed by atoms with E-state index in [-0.39, 0.29) is 24.1 Å². The Labute approximate surface area is 129 Å². The van der Waals surface area contributed by atoms with Crippen molar-refractivity contribution in [2.24, 2.45) is 5.73 Å². The molecule has 0 fully saturated rings. The van der Waals surface area contributed by atoms with E-state index in [1.807, 2.05) is 24.3 Å². The average Bonchev–Trinajstić information content (AvgIpc) is 2.44. The predicted octanol–water partition coefficient (Wildman–Crippen LogP) is 1.10. The van der Waals surface area contributed by atoms with Gasteiger partial charge in [0.05, 0.1) is 17.8 Å². The van der Waals surface area contributed by atoms with Gasteiger partial charge < -0.3 is 11.1 Å². The van der Waals surface area contributed by atoms with Gasteiger partial charge in [-0.15, -0.1) is 11.8 Å². The number of nitrogens with two attached hydrogens (primary N) is 1. The molecule has 1 aromatic carbocycles. The van der Waals surface area contributed by atoms with Gasteiger partial charge >= 0.3 is 0 Å². The fraction of sp³-hybridized carbons (Fsp3) is 0.500. The molecule has 116 valence electrons. The molecule has 0 bridgehead atoms. The van der Waals surface area contributed by atoms with Gasteiger partial charge in [0.15, 0.2) is 0 Å². The van der Waals surface area contributed by atoms with Crippen molar-refractivity contribution in [1.29, 1.82) is 0 Å². The second-order valence-electron chi connectivity index (χ2n) is 5.26. The van der Waals surface area contributed by atoms with Crippen molar-refractivity contribution in [3.05, 3.63) is 29.8 Å². The summed E-state index contributed by atoms with van der Waals surface area (Å²) >= 11 is 1.78. The number of benzene rings is 1. The highest BCUT2D eigenvalue weighted by atomic mass is 32.2. The van der Waals surface area contributed by atoms with Gasteiger partial charge in [0.25, 0.3) is 0 Å². The third-order valence-electron chi connectivity index (χ3n) is 3.41. The maximum Gasteiger partial charge on any atom is 0.237 e. The third-order valence-corrected chi connectivity index (χ3v) is 5.51. The van der Waals surface area contributed by atoms with Crippen molar-refractivity contribution in [2.75, 3.05) is 17.8 Å². The van der Waals surface area contributed by atoms with Crippen molar-refractivity contribution in [3.8, 4) is 0 Å². The van der Waals surface area contributed by atoms with Gasteiger partial charge in [0, 0.05) is 16.9 Å². The van der Waals surface area contributed by atoms with Crippen LogP contribution in [-0.2, 0) is 14.6 Å². The number of hydrogen-bond donors (Lipinski definition) is 2. The summed E-state index contributed by atoms with van der Waals surface area (Å²) in [5.74, 6) is 0.588. The molecule has 1 heterocycles. The van der Waals surface area contributed by atoms with Crippen molar-refractivity contribution in [1.82, 2.24) is 5.32 Å². The number of fused-ring (bicyclic) bond motifs is 1. The predicted molar refractivity (Wildman–Crippen MR) is 85.0 cm³/mol. The number of nitrogens with one attached hydrogen (secondary N) is 1. The highest BCUT2D eigenvalue weighted by Gasteiger charge is 2.24. The maximum absolute atomic E-state index is 12.1. The first kappa shape index (κ1) is 16.3. The first-order valence-corrected chi connectivity index (χ1v) is 9.87. The Morgan fingerprint density at radius 2 is 2.19 bits per heavy atom. The zero-order valence-corrected chi connectivity index (χ0v) is 13.5. The molecule has 1 amide bonds. The Kier molecular flexibility index (Phi) is 5.29. The second-order valence-corrected chi connectivity index (χ2v) is 8.66. The molecule has 1 aliphatic heterocycles. The van der Waals surface area contributed by atoms with Crippen molar-refractivity contribution in [2.45, 2.75) is 29.8 Å². The fourth-order valence-electron chi connectivity index (χ4n) is 2.24. The summed E-state index contributed by atoms with van der Waals surface area (Å²) in [5.41, 5.74) is 6.89. The van der Waals surface area contributed by atoms with E-state index >= 15 is 0 Å². The molecule has 0 aliphatic carbocycles. The molecular weight excluding hydrogens is 308 g/mol. The lowest BCUT2D eigenvalue weighted by Gasteiger charge is -2.27. The fourth-order valence-corrected chi connectivity index (χ4v) is 4.05. The molecule has 0 saturated heterocycles. The van der Waals surface area contributed by atoms with Crippen LogP contribution in [-0.4, -0.2) is 38.1 Å². The van der Waals surface area contributed by atoms with E-state index in [4.69, 9.17) is 5.73 Å². The first-order chi connectivity index (χ1) is 9.87. The molecule has 1 aliphatic rings. The molecule has 0 radical (unpaired) electrons. The van der Waals surface area contributed by atoms with E-state index in [2.05, 4.69) is 5.32 Å². The minimum Gasteiger partial charge on any atom is -0.348 e. The van der Waals surface area contributed by atoms with Crippen LogP contribution in [0.2, 0.25) is 0 Å². The lowest BCUT2D eigenvalue weighted by atomic mass is 10.0. The molecule has 1 aromatic rings. The minimum absolute atomic E-state index is 0.0424. The van der Waals surface area contributed by atoms with Gasteiger partial charge in [-0.05, 0) is 24.5 Å². The molecule has 0 saturated carbocycles. The maximum atomic E-state index is 12.1. The zero-order chi connectivity index (χ0) is 15.5. The quantitative estimate of drug-likeness (QED) is 0.845. The van der Waals surface area contributed by atoms with Crippen LogP contribution in [0.25, 0.3) is 0 Å². The minimum atomic E-state index is -3.10. The number of hydrogen-bond acceptors (Lipinski definition) is 5. The lowest BCUT2D eigenvalue weighted by Crippen LogP contribution is -2.43. The number of amides is 1. The van der Waals surface area contributed by atoms with Crippen LogP contribution in [0.15, 0.2) is 29.2 Å². The van der Waals surface area contributed by atoms with Crippen molar-refractivity contribution in [3.63, 3.8) is 0 Å². The Morgan fingerprint density at radius 1 is 1.48 bits per heavy atom. The Morgan fingerprint density at radius 3 is 2.90 bits per heavy atom. The van der Waals surface area contributed by atoms with E-state index in [9.17, 15) is 13.2 Å². The summed E-state index contributed by atoms with van der Waals surface area (Å²) < 4.78 is 22.2. The molecule has 5 nitrogen and oxygen atoms in total. The average molecular weight is 328 g/mol. The number of rotatable bonds is 5. The van der Waals surface area contributed by atoms with E-state index in [1.165, 1.54) is 4.90 Å². The largest absolute Gasteiger partial charge is 0.348 e. The van der Waals surface area contributed by atoms with Gasteiger partial charge in [-0.2, -0.15) is 0 Å². The van der Waals surface area contributed by atoms with Crippen LogP contribution in [0.5, 0.6) is 0 Å². The van der Waals surface area contributed by atoms with Crippen LogP contribution in [0, 0.1) is 0 Å². The van der Waals surface area contributed by atoms with Crippen LogP contribution >= 0.6 is 11.8 Å². The third kappa shape index (κ3) is 4.72. The topological polar surface area (TPSA) is 89.3 Å². The lowest BCUT2D eigenvalue weighted by molar-refractivity contribution is -0.123. The number of sulfone groups is 1. The van der Waals surface area contributed by atoms with Gasteiger partial charge in [-0.1, -0.05) is 18.2 Å². The van der Waals surface area contributed by atoms with Gasteiger partial charge in [-0.25, -0.2) is 8.42 Å². The van der Waals surface area contributed by atoms with Crippen molar-refractivity contribution >= 4 is 27.5 Å². The van der Waals surface area contributed by atoms with Crippen LogP contribution < -0.4 is 11.1 Å². The van der Waals surface area contributed by atoms with Gasteiger partial charge in [-0.3, -0.25) is 4.79 Å². The van der Waals surface area contributed by atoms with E-state index in [1.54, 1.807) is 11.8 Å². The molecule has 21 heavy (non-hydrogen) atoms.